The van der Waals surface area contributed by atoms with E-state index in [9.17, 15) is 0 Å². The van der Waals surface area contributed by atoms with Crippen molar-refractivity contribution in [2.75, 3.05) is 19.8 Å². The van der Waals surface area contributed by atoms with Crippen LogP contribution in [0.4, 0.5) is 0 Å². The summed E-state index contributed by atoms with van der Waals surface area (Å²) in [5, 5.41) is 12.1. The Hall–Kier alpha value is -0.450. The van der Waals surface area contributed by atoms with Crippen LogP contribution in [0.2, 0.25) is 0 Å². The Morgan fingerprint density at radius 3 is 2.79 bits per heavy atom. The molecule has 1 saturated carbocycles. The van der Waals surface area contributed by atoms with Crippen LogP contribution >= 0.6 is 0 Å². The van der Waals surface area contributed by atoms with Gasteiger partial charge in [-0.3, -0.25) is 0 Å². The smallest absolute Gasteiger partial charge is 0.105 e. The molecule has 0 aromatic heterocycles. The fourth-order valence-corrected chi connectivity index (χ4v) is 3.75. The van der Waals surface area contributed by atoms with Crippen molar-refractivity contribution in [2.45, 2.75) is 57.3 Å². The number of hydrogen-bond acceptors (Lipinski definition) is 4. The molecule has 3 aliphatic heterocycles. The van der Waals surface area contributed by atoms with E-state index in [0.717, 1.165) is 18.7 Å². The molecule has 108 valence electrons. The molecule has 2 N–H and O–H groups in total. The molecular formula is C15H26N2O2. The first-order valence-electron chi connectivity index (χ1n) is 7.84. The summed E-state index contributed by atoms with van der Waals surface area (Å²) in [4.78, 5) is 0. The van der Waals surface area contributed by atoms with Gasteiger partial charge in [0.25, 0.3) is 0 Å². The monoisotopic (exact) mass is 266 g/mol. The molecule has 1 aliphatic carbocycles. The SMILES string of the molecule is CCC1CCCCC2NCC1C(OC1COC1)C2=N. The lowest BCUT2D eigenvalue weighted by Gasteiger charge is -2.43. The van der Waals surface area contributed by atoms with Crippen molar-refractivity contribution in [3.8, 4) is 0 Å². The molecule has 4 nitrogen and oxygen atoms in total. The van der Waals surface area contributed by atoms with Gasteiger partial charge in [0, 0.05) is 18.5 Å². The van der Waals surface area contributed by atoms with Gasteiger partial charge >= 0.3 is 0 Å². The van der Waals surface area contributed by atoms with Crippen molar-refractivity contribution in [3.63, 3.8) is 0 Å². The predicted octanol–water partition coefficient (Wildman–Crippen LogP) is 1.98. The molecule has 0 radical (unpaired) electrons. The molecule has 3 saturated heterocycles. The Morgan fingerprint density at radius 2 is 2.11 bits per heavy atom. The highest BCUT2D eigenvalue weighted by atomic mass is 16.6. The fourth-order valence-electron chi connectivity index (χ4n) is 3.75. The molecule has 0 aromatic carbocycles. The van der Waals surface area contributed by atoms with E-state index < -0.39 is 0 Å². The van der Waals surface area contributed by atoms with Crippen molar-refractivity contribution in [1.82, 2.24) is 5.32 Å². The van der Waals surface area contributed by atoms with Crippen molar-refractivity contribution in [1.29, 1.82) is 5.41 Å². The Balaban J connectivity index is 1.78. The van der Waals surface area contributed by atoms with E-state index >= 15 is 0 Å². The molecule has 0 spiro atoms. The second-order valence-corrected chi connectivity index (χ2v) is 6.25. The van der Waals surface area contributed by atoms with Crippen molar-refractivity contribution >= 4 is 5.71 Å². The van der Waals surface area contributed by atoms with Gasteiger partial charge in [-0.1, -0.05) is 32.6 Å². The van der Waals surface area contributed by atoms with Gasteiger partial charge in [-0.05, 0) is 12.3 Å². The van der Waals surface area contributed by atoms with E-state index in [4.69, 9.17) is 14.9 Å². The van der Waals surface area contributed by atoms with E-state index in [1.807, 2.05) is 0 Å². The number of rotatable bonds is 3. The molecule has 0 aromatic rings. The summed E-state index contributed by atoms with van der Waals surface area (Å²) >= 11 is 0. The van der Waals surface area contributed by atoms with Crippen LogP contribution in [0.15, 0.2) is 0 Å². The van der Waals surface area contributed by atoms with Crippen molar-refractivity contribution < 1.29 is 9.47 Å². The summed E-state index contributed by atoms with van der Waals surface area (Å²) in [5.41, 5.74) is 0.795. The molecule has 4 heteroatoms. The van der Waals surface area contributed by atoms with Crippen LogP contribution < -0.4 is 5.32 Å². The third-order valence-electron chi connectivity index (χ3n) is 5.06. The average Bonchev–Trinajstić information content (AvgIpc) is 2.50. The zero-order valence-electron chi connectivity index (χ0n) is 11.9. The Kier molecular flexibility index (Phi) is 4.20. The van der Waals surface area contributed by atoms with Crippen LogP contribution in [0.5, 0.6) is 0 Å². The zero-order valence-corrected chi connectivity index (χ0v) is 11.9. The molecule has 2 bridgehead atoms. The summed E-state index contributed by atoms with van der Waals surface area (Å²) < 4.78 is 11.4. The highest BCUT2D eigenvalue weighted by Crippen LogP contribution is 2.34. The van der Waals surface area contributed by atoms with Crippen LogP contribution in [0, 0.1) is 17.2 Å². The predicted molar refractivity (Wildman–Crippen MR) is 74.7 cm³/mol. The fraction of sp³-hybridized carbons (Fsp3) is 0.933. The Bertz CT molecular complexity index is 330. The Labute approximate surface area is 115 Å². The quantitative estimate of drug-likeness (QED) is 0.821. The minimum absolute atomic E-state index is 0.0307. The molecule has 4 rings (SSSR count). The van der Waals surface area contributed by atoms with Crippen molar-refractivity contribution in [3.05, 3.63) is 0 Å². The summed E-state index contributed by atoms with van der Waals surface area (Å²) in [6.45, 7) is 4.72. The lowest BCUT2D eigenvalue weighted by molar-refractivity contribution is -0.155. The Morgan fingerprint density at radius 1 is 1.32 bits per heavy atom. The maximum Gasteiger partial charge on any atom is 0.105 e. The third kappa shape index (κ3) is 2.71. The molecule has 0 amide bonds. The van der Waals surface area contributed by atoms with Gasteiger partial charge in [-0.25, -0.2) is 0 Å². The van der Waals surface area contributed by atoms with Gasteiger partial charge < -0.3 is 20.2 Å². The first-order valence-corrected chi connectivity index (χ1v) is 7.84. The normalized spacial score (nSPS) is 40.4. The molecular weight excluding hydrogens is 240 g/mol. The molecule has 4 fully saturated rings. The lowest BCUT2D eigenvalue weighted by Crippen LogP contribution is -2.58. The van der Waals surface area contributed by atoms with Gasteiger partial charge in [0.2, 0.25) is 0 Å². The van der Waals surface area contributed by atoms with Crippen LogP contribution in [0.25, 0.3) is 0 Å². The topological polar surface area (TPSA) is 54.3 Å². The summed E-state index contributed by atoms with van der Waals surface area (Å²) in [6, 6.07) is 0.248. The highest BCUT2D eigenvalue weighted by molar-refractivity contribution is 5.92. The van der Waals surface area contributed by atoms with E-state index in [-0.39, 0.29) is 18.2 Å². The van der Waals surface area contributed by atoms with E-state index in [2.05, 4.69) is 12.2 Å². The first-order chi connectivity index (χ1) is 9.29. The number of hydrogen-bond donors (Lipinski definition) is 2. The average molecular weight is 266 g/mol. The molecule has 19 heavy (non-hydrogen) atoms. The summed E-state index contributed by atoms with van der Waals surface area (Å²) in [6.07, 6.45) is 6.40. The summed E-state index contributed by atoms with van der Waals surface area (Å²) in [5.74, 6) is 1.17. The number of ether oxygens (including phenoxy) is 2. The molecule has 4 aliphatic rings. The van der Waals surface area contributed by atoms with Gasteiger partial charge in [0.05, 0.1) is 18.9 Å². The third-order valence-corrected chi connectivity index (χ3v) is 5.06. The van der Waals surface area contributed by atoms with Crippen LogP contribution in [-0.4, -0.2) is 43.7 Å². The minimum atomic E-state index is 0.0307. The van der Waals surface area contributed by atoms with Crippen LogP contribution in [-0.2, 0) is 9.47 Å². The summed E-state index contributed by atoms with van der Waals surface area (Å²) in [7, 11) is 0. The van der Waals surface area contributed by atoms with Gasteiger partial charge in [-0.2, -0.15) is 0 Å². The molecule has 4 atom stereocenters. The van der Waals surface area contributed by atoms with Gasteiger partial charge in [0.15, 0.2) is 0 Å². The second-order valence-electron chi connectivity index (χ2n) is 6.25. The van der Waals surface area contributed by atoms with E-state index in [0.29, 0.717) is 25.0 Å². The number of piperidine rings is 1. The maximum atomic E-state index is 8.50. The van der Waals surface area contributed by atoms with Crippen LogP contribution in [0.1, 0.15) is 39.0 Å². The lowest BCUT2D eigenvalue weighted by atomic mass is 9.78. The number of nitrogens with one attached hydrogen (secondary N) is 2. The van der Waals surface area contributed by atoms with E-state index in [1.165, 1.54) is 25.7 Å². The molecule has 4 unspecified atom stereocenters. The largest absolute Gasteiger partial charge is 0.376 e. The second kappa shape index (κ2) is 5.90. The van der Waals surface area contributed by atoms with E-state index in [1.54, 1.807) is 0 Å². The first kappa shape index (κ1) is 13.5. The van der Waals surface area contributed by atoms with Gasteiger partial charge in [-0.15, -0.1) is 0 Å². The minimum Gasteiger partial charge on any atom is -0.376 e. The van der Waals surface area contributed by atoms with Gasteiger partial charge in [0.1, 0.15) is 12.2 Å². The highest BCUT2D eigenvalue weighted by Gasteiger charge is 2.41. The van der Waals surface area contributed by atoms with Crippen molar-refractivity contribution in [2.24, 2.45) is 11.8 Å². The standard InChI is InChI=1S/C15H26N2O2/c1-2-10-5-3-4-6-13-14(16)15(12(10)7-17-13)19-11-8-18-9-11/h10-13,15-17H,2-9H2,1H3. The maximum absolute atomic E-state index is 8.50. The zero-order chi connectivity index (χ0) is 13.2. The number of fused-ring (bicyclic) bond motifs is 6. The van der Waals surface area contributed by atoms with Crippen LogP contribution in [0.3, 0.4) is 0 Å². The molecule has 3 heterocycles.